The first-order valence-corrected chi connectivity index (χ1v) is 22.1. The van der Waals surface area contributed by atoms with Crippen molar-refractivity contribution in [3.63, 3.8) is 0 Å². The maximum atomic E-state index is 14.9. The number of aromatic nitrogens is 2. The van der Waals surface area contributed by atoms with E-state index < -0.39 is 11.6 Å². The van der Waals surface area contributed by atoms with Crippen molar-refractivity contribution >= 4 is 52.4 Å². The van der Waals surface area contributed by atoms with Crippen molar-refractivity contribution in [1.82, 2.24) is 30.5 Å². The minimum atomic E-state index is -0.743. The summed E-state index contributed by atoms with van der Waals surface area (Å²) in [5, 5.41) is 13.8. The quantitative estimate of drug-likeness (QED) is 0.0277. The van der Waals surface area contributed by atoms with Gasteiger partial charge in [0.05, 0.1) is 49.8 Å². The second kappa shape index (κ2) is 21.9. The first kappa shape index (κ1) is 47.2. The van der Waals surface area contributed by atoms with Crippen LogP contribution >= 0.6 is 11.6 Å². The molecular formula is C48H52ClF2N11O4. The van der Waals surface area contributed by atoms with Crippen LogP contribution in [0.1, 0.15) is 76.1 Å². The molecule has 0 saturated carbocycles. The third-order valence-corrected chi connectivity index (χ3v) is 11.3. The predicted octanol–water partition coefficient (Wildman–Crippen LogP) is 6.65. The molecule has 15 nitrogen and oxygen atoms in total. The fourth-order valence-electron chi connectivity index (χ4n) is 7.72. The zero-order valence-corrected chi connectivity index (χ0v) is 37.4. The van der Waals surface area contributed by atoms with Gasteiger partial charge in [0.25, 0.3) is 11.8 Å². The molecule has 1 atom stereocenters. The average Bonchev–Trinajstić information content (AvgIpc) is 3.56. The maximum absolute atomic E-state index is 14.9. The monoisotopic (exact) mass is 919 g/mol. The molecule has 5 aromatic rings. The highest BCUT2D eigenvalue weighted by molar-refractivity contribution is 6.31. The number of carbonyl (C=O) groups is 3. The van der Waals surface area contributed by atoms with Gasteiger partial charge in [-0.25, -0.2) is 24.6 Å². The Morgan fingerprint density at radius 3 is 2.55 bits per heavy atom. The zero-order chi connectivity index (χ0) is 46.7. The van der Waals surface area contributed by atoms with E-state index in [0.29, 0.717) is 95.0 Å². The smallest absolute Gasteiger partial charge is 0.254 e. The number of hydrogen-bond donors (Lipinski definition) is 6. The third kappa shape index (κ3) is 11.5. The molecule has 0 radical (unpaired) electrons. The third-order valence-electron chi connectivity index (χ3n) is 11.1. The number of hydrogen-bond acceptors (Lipinski definition) is 12. The number of amides is 3. The van der Waals surface area contributed by atoms with Crippen LogP contribution in [0.15, 0.2) is 102 Å². The van der Waals surface area contributed by atoms with Gasteiger partial charge in [0.15, 0.2) is 0 Å². The Kier molecular flexibility index (Phi) is 15.7. The van der Waals surface area contributed by atoms with Gasteiger partial charge in [-0.1, -0.05) is 43.1 Å². The lowest BCUT2D eigenvalue weighted by Crippen LogP contribution is -2.33. The van der Waals surface area contributed by atoms with Crippen LogP contribution in [-0.2, 0) is 22.6 Å². The SMILES string of the molecule is CCCC(C)N1Cc2c(NC(=O)CCNCCOCCN(N)/C=C(\N)CNC(=O)c3ccc(Nc4ncc5c(n4)-c4ccc(Cl)cc4C(c4c(F)cccc4F)=NC5)cc3)cccc2C1=O. The number of ether oxygens (including phenoxy) is 1. The van der Waals surface area contributed by atoms with E-state index in [1.54, 1.807) is 54.7 Å². The lowest BCUT2D eigenvalue weighted by atomic mass is 9.95. The highest BCUT2D eigenvalue weighted by Crippen LogP contribution is 2.35. The fraction of sp³-hybridized carbons (Fsp3) is 0.292. The Bertz CT molecular complexity index is 2630. The Morgan fingerprint density at radius 1 is 1.00 bits per heavy atom. The molecular weight excluding hydrogens is 868 g/mol. The first-order valence-electron chi connectivity index (χ1n) is 21.7. The van der Waals surface area contributed by atoms with Crippen molar-refractivity contribution in [3.05, 3.63) is 147 Å². The van der Waals surface area contributed by atoms with Crippen molar-refractivity contribution in [1.29, 1.82) is 0 Å². The van der Waals surface area contributed by atoms with Gasteiger partial charge in [0.1, 0.15) is 11.6 Å². The number of anilines is 3. The molecule has 1 unspecified atom stereocenters. The van der Waals surface area contributed by atoms with Gasteiger partial charge in [-0.15, -0.1) is 0 Å². The number of nitrogens with two attached hydrogens (primary N) is 2. The molecule has 0 spiro atoms. The van der Waals surface area contributed by atoms with Crippen LogP contribution in [0.4, 0.5) is 26.1 Å². The summed E-state index contributed by atoms with van der Waals surface area (Å²) in [4.78, 5) is 54.2. The maximum Gasteiger partial charge on any atom is 0.254 e. The molecule has 0 bridgehead atoms. The summed E-state index contributed by atoms with van der Waals surface area (Å²) in [6.07, 6.45) is 5.31. The van der Waals surface area contributed by atoms with E-state index in [9.17, 15) is 23.2 Å². The van der Waals surface area contributed by atoms with Crippen molar-refractivity contribution in [2.75, 3.05) is 50.0 Å². The molecule has 18 heteroatoms. The molecule has 3 heterocycles. The van der Waals surface area contributed by atoms with Crippen LogP contribution in [0.25, 0.3) is 11.3 Å². The first-order chi connectivity index (χ1) is 31.9. The number of rotatable bonds is 20. The van der Waals surface area contributed by atoms with E-state index in [1.807, 2.05) is 17.0 Å². The van der Waals surface area contributed by atoms with E-state index in [1.165, 1.54) is 29.4 Å². The van der Waals surface area contributed by atoms with E-state index in [0.717, 1.165) is 18.4 Å². The summed E-state index contributed by atoms with van der Waals surface area (Å²) in [5.74, 6) is 4.36. The number of halogens is 3. The van der Waals surface area contributed by atoms with Crippen molar-refractivity contribution in [2.24, 2.45) is 16.6 Å². The Morgan fingerprint density at radius 2 is 1.77 bits per heavy atom. The van der Waals surface area contributed by atoms with Gasteiger partial charge in [-0.3, -0.25) is 19.4 Å². The molecule has 4 aromatic carbocycles. The Balaban J connectivity index is 0.806. The van der Waals surface area contributed by atoms with Gasteiger partial charge in [-0.2, -0.15) is 0 Å². The van der Waals surface area contributed by atoms with E-state index in [2.05, 4.69) is 45.1 Å². The summed E-state index contributed by atoms with van der Waals surface area (Å²) in [6, 6.07) is 21.0. The summed E-state index contributed by atoms with van der Waals surface area (Å²) in [6.45, 7) is 6.85. The number of benzene rings is 4. The van der Waals surface area contributed by atoms with Crippen molar-refractivity contribution in [2.45, 2.75) is 52.2 Å². The van der Waals surface area contributed by atoms with Gasteiger partial charge in [-0.05, 0) is 74.0 Å². The van der Waals surface area contributed by atoms with Gasteiger partial charge in [0.2, 0.25) is 11.9 Å². The molecule has 8 N–H and O–H groups in total. The van der Waals surface area contributed by atoms with Crippen LogP contribution in [-0.4, -0.2) is 88.7 Å². The summed E-state index contributed by atoms with van der Waals surface area (Å²) >= 11 is 6.34. The molecule has 344 valence electrons. The topological polar surface area (TPSA) is 205 Å². The van der Waals surface area contributed by atoms with Crippen molar-refractivity contribution < 1.29 is 27.9 Å². The Hall–Kier alpha value is -6.79. The van der Waals surface area contributed by atoms with Gasteiger partial charge < -0.3 is 41.6 Å². The van der Waals surface area contributed by atoms with Crippen LogP contribution in [0.5, 0.6) is 0 Å². The minimum absolute atomic E-state index is 0.00967. The second-order valence-corrected chi connectivity index (χ2v) is 16.3. The van der Waals surface area contributed by atoms with E-state index in [4.69, 9.17) is 32.9 Å². The van der Waals surface area contributed by atoms with Crippen molar-refractivity contribution in [3.8, 4) is 11.3 Å². The largest absolute Gasteiger partial charge is 0.399 e. The number of hydrazine groups is 1. The summed E-state index contributed by atoms with van der Waals surface area (Å²) in [7, 11) is 0. The molecule has 66 heavy (non-hydrogen) atoms. The lowest BCUT2D eigenvalue weighted by molar-refractivity contribution is -0.116. The minimum Gasteiger partial charge on any atom is -0.399 e. The number of aliphatic imine (C=N–C) groups is 1. The summed E-state index contributed by atoms with van der Waals surface area (Å²) in [5.41, 5.74) is 11.7. The average molecular weight is 920 g/mol. The van der Waals surface area contributed by atoms with Crippen LogP contribution in [0, 0.1) is 11.6 Å². The number of nitrogens with zero attached hydrogens (tertiary/aromatic N) is 5. The molecule has 2 aliphatic heterocycles. The Labute approximate surface area is 386 Å². The van der Waals surface area contributed by atoms with Gasteiger partial charge >= 0.3 is 0 Å². The molecule has 0 aliphatic carbocycles. The van der Waals surface area contributed by atoms with E-state index in [-0.39, 0.29) is 60.5 Å². The second-order valence-electron chi connectivity index (χ2n) is 15.9. The number of nitrogens with one attached hydrogen (secondary N) is 4. The highest BCUT2D eigenvalue weighted by atomic mass is 35.5. The van der Waals surface area contributed by atoms with Crippen LogP contribution in [0.3, 0.4) is 0 Å². The summed E-state index contributed by atoms with van der Waals surface area (Å²) < 4.78 is 35.5. The molecule has 3 amide bonds. The molecule has 1 aromatic heterocycles. The molecule has 2 aliphatic rings. The van der Waals surface area contributed by atoms with E-state index >= 15 is 0 Å². The number of carbonyl (C=O) groups excluding carboxylic acids is 3. The number of fused-ring (bicyclic) bond motifs is 4. The predicted molar refractivity (Wildman–Crippen MR) is 251 cm³/mol. The lowest BCUT2D eigenvalue weighted by Gasteiger charge is -2.23. The normalized spacial score (nSPS) is 13.5. The van der Waals surface area contributed by atoms with Gasteiger partial charge in [0, 0.05) is 100.0 Å². The van der Waals surface area contributed by atoms with Crippen LogP contribution < -0.4 is 32.8 Å². The molecule has 0 saturated heterocycles. The van der Waals surface area contributed by atoms with Crippen LogP contribution in [0.2, 0.25) is 5.02 Å². The zero-order valence-electron chi connectivity index (χ0n) is 36.7. The fourth-order valence-corrected chi connectivity index (χ4v) is 7.89. The molecule has 0 fully saturated rings. The molecule has 7 rings (SSSR count). The highest BCUT2D eigenvalue weighted by Gasteiger charge is 2.32. The standard InChI is InChI=1S/C48H52ClF2N11O4/c1-3-6-29(2)62-28-38-36(47(62)65)7-4-10-41(38)59-42(63)17-18-54-19-21-66-22-20-61(53)27-33(52)26-56-46(64)30-11-14-34(15-12-30)58-48-57-25-31-24-55-45(43-39(50)8-5-9-40(43)51)37-23-32(49)13-16-35(37)44(31)60-48/h4-5,7-16,23,25,27,29,54H,3,6,17-22,24,26,28,52-53H2,1-2H3,(H,56,64)(H,59,63)(H,57,58,60)/b33-27-.